The molecular weight excluding hydrogens is 236 g/mol. The predicted molar refractivity (Wildman–Crippen MR) is 79.1 cm³/mol. The molecule has 0 nitrogen and oxygen atoms in total. The van der Waals surface area contributed by atoms with Crippen molar-refractivity contribution < 1.29 is 0 Å². The Hall–Kier alpha value is -0.140. The zero-order chi connectivity index (χ0) is 12.6. The summed E-state index contributed by atoms with van der Waals surface area (Å²) in [4.78, 5) is 1.36. The van der Waals surface area contributed by atoms with Crippen LogP contribution in [-0.4, -0.2) is 5.75 Å². The largest absolute Gasteiger partial charge is 0.131 e. The van der Waals surface area contributed by atoms with E-state index in [0.717, 1.165) is 17.0 Å². The molecule has 0 saturated carbocycles. The van der Waals surface area contributed by atoms with E-state index in [-0.39, 0.29) is 0 Å². The molecule has 0 aliphatic rings. The van der Waals surface area contributed by atoms with Crippen molar-refractivity contribution in [1.82, 2.24) is 0 Å². The lowest BCUT2D eigenvalue weighted by Gasteiger charge is -2.08. The standard InChI is InChI=1S/C14H23ClS/c1-6-8-9-16-13(5)12(4)11(3)10-14(15)7-2/h10H,3,6-9H2,1-2,4-5H3/b13-12-,14-10+. The van der Waals surface area contributed by atoms with E-state index >= 15 is 0 Å². The molecule has 0 unspecified atom stereocenters. The summed E-state index contributed by atoms with van der Waals surface area (Å²) in [6.45, 7) is 12.6. The van der Waals surface area contributed by atoms with Crippen molar-refractivity contribution in [2.75, 3.05) is 5.75 Å². The Labute approximate surface area is 110 Å². The van der Waals surface area contributed by atoms with Crippen LogP contribution < -0.4 is 0 Å². The molecule has 2 heteroatoms. The van der Waals surface area contributed by atoms with Crippen molar-refractivity contribution in [2.45, 2.75) is 47.0 Å². The fourth-order valence-corrected chi connectivity index (χ4v) is 2.32. The first-order chi connectivity index (χ1) is 7.52. The Morgan fingerprint density at radius 1 is 1.31 bits per heavy atom. The molecule has 92 valence electrons. The number of halogens is 1. The summed E-state index contributed by atoms with van der Waals surface area (Å²) in [6.07, 6.45) is 5.37. The van der Waals surface area contributed by atoms with E-state index in [9.17, 15) is 0 Å². The molecule has 0 rings (SSSR count). The van der Waals surface area contributed by atoms with Gasteiger partial charge in [-0.05, 0) is 54.6 Å². The average molecular weight is 259 g/mol. The summed E-state index contributed by atoms with van der Waals surface area (Å²) in [5, 5.41) is 0.871. The van der Waals surface area contributed by atoms with Crippen LogP contribution in [0.1, 0.15) is 47.0 Å². The van der Waals surface area contributed by atoms with Crippen molar-refractivity contribution >= 4 is 23.4 Å². The van der Waals surface area contributed by atoms with Gasteiger partial charge in [-0.1, -0.05) is 38.4 Å². The molecule has 0 N–H and O–H groups in total. The third-order valence-corrected chi connectivity index (χ3v) is 4.10. The number of rotatable bonds is 7. The molecule has 0 amide bonds. The van der Waals surface area contributed by atoms with Crippen LogP contribution in [0.3, 0.4) is 0 Å². The molecule has 0 heterocycles. The Morgan fingerprint density at radius 3 is 2.44 bits per heavy atom. The lowest BCUT2D eigenvalue weighted by Crippen LogP contribution is -1.86. The highest BCUT2D eigenvalue weighted by molar-refractivity contribution is 8.03. The summed E-state index contributed by atoms with van der Waals surface area (Å²) in [5.41, 5.74) is 2.29. The Kier molecular flexibility index (Phi) is 8.87. The maximum absolute atomic E-state index is 6.01. The van der Waals surface area contributed by atoms with Gasteiger partial charge in [0, 0.05) is 5.03 Å². The lowest BCUT2D eigenvalue weighted by atomic mass is 10.1. The molecule has 0 atom stereocenters. The molecule has 0 spiro atoms. The van der Waals surface area contributed by atoms with E-state index in [1.165, 1.54) is 29.1 Å². The van der Waals surface area contributed by atoms with Gasteiger partial charge in [-0.15, -0.1) is 11.8 Å². The van der Waals surface area contributed by atoms with Crippen molar-refractivity contribution in [3.05, 3.63) is 33.7 Å². The molecule has 0 saturated heterocycles. The quantitative estimate of drug-likeness (QED) is 0.405. The third-order valence-electron chi connectivity index (χ3n) is 2.49. The van der Waals surface area contributed by atoms with Crippen LogP contribution in [0.15, 0.2) is 33.7 Å². The average Bonchev–Trinajstić information content (AvgIpc) is 2.27. The van der Waals surface area contributed by atoms with Crippen molar-refractivity contribution in [1.29, 1.82) is 0 Å². The van der Waals surface area contributed by atoms with Crippen LogP contribution in [-0.2, 0) is 0 Å². The highest BCUT2D eigenvalue weighted by Crippen LogP contribution is 2.26. The minimum Gasteiger partial charge on any atom is -0.131 e. The second-order valence-corrected chi connectivity index (χ2v) is 5.65. The summed E-state index contributed by atoms with van der Waals surface area (Å²) in [6, 6.07) is 0. The molecule has 0 radical (unpaired) electrons. The lowest BCUT2D eigenvalue weighted by molar-refractivity contribution is 0.897. The van der Waals surface area contributed by atoms with Crippen molar-refractivity contribution in [3.8, 4) is 0 Å². The van der Waals surface area contributed by atoms with E-state index in [1.807, 2.05) is 24.8 Å². The van der Waals surface area contributed by atoms with Crippen LogP contribution in [0.2, 0.25) is 0 Å². The van der Waals surface area contributed by atoms with Crippen LogP contribution in [0.25, 0.3) is 0 Å². The molecule has 0 aliphatic heterocycles. The Balaban J connectivity index is 4.44. The van der Waals surface area contributed by atoms with Crippen LogP contribution in [0.5, 0.6) is 0 Å². The van der Waals surface area contributed by atoms with Gasteiger partial charge in [0.15, 0.2) is 0 Å². The number of hydrogen-bond donors (Lipinski definition) is 0. The maximum atomic E-state index is 6.01. The van der Waals surface area contributed by atoms with Gasteiger partial charge in [0.25, 0.3) is 0 Å². The summed E-state index contributed by atoms with van der Waals surface area (Å²) in [5.74, 6) is 1.19. The monoisotopic (exact) mass is 258 g/mol. The van der Waals surface area contributed by atoms with Crippen LogP contribution in [0.4, 0.5) is 0 Å². The summed E-state index contributed by atoms with van der Waals surface area (Å²) < 4.78 is 0. The molecule has 0 bridgehead atoms. The number of hydrogen-bond acceptors (Lipinski definition) is 1. The zero-order valence-electron chi connectivity index (χ0n) is 10.9. The second kappa shape index (κ2) is 8.95. The first-order valence-corrected chi connectivity index (χ1v) is 7.24. The third kappa shape index (κ3) is 6.44. The van der Waals surface area contributed by atoms with Gasteiger partial charge in [-0.25, -0.2) is 0 Å². The van der Waals surface area contributed by atoms with E-state index in [2.05, 4.69) is 27.4 Å². The van der Waals surface area contributed by atoms with Gasteiger partial charge >= 0.3 is 0 Å². The topological polar surface area (TPSA) is 0 Å². The minimum absolute atomic E-state index is 0.871. The molecule has 0 aliphatic carbocycles. The first kappa shape index (κ1) is 15.9. The van der Waals surface area contributed by atoms with Crippen LogP contribution in [0, 0.1) is 0 Å². The highest BCUT2D eigenvalue weighted by atomic mass is 35.5. The highest BCUT2D eigenvalue weighted by Gasteiger charge is 2.01. The maximum Gasteiger partial charge on any atom is 0.0184 e. The normalized spacial score (nSPS) is 13.7. The van der Waals surface area contributed by atoms with Gasteiger partial charge in [0.1, 0.15) is 0 Å². The molecule has 16 heavy (non-hydrogen) atoms. The Bertz CT molecular complexity index is 287. The smallest absolute Gasteiger partial charge is 0.0184 e. The van der Waals surface area contributed by atoms with Gasteiger partial charge in [-0.3, -0.25) is 0 Å². The molecule has 0 aromatic rings. The fourth-order valence-electron chi connectivity index (χ4n) is 1.10. The molecule has 0 aromatic carbocycles. The van der Waals surface area contributed by atoms with E-state index in [1.54, 1.807) is 0 Å². The van der Waals surface area contributed by atoms with E-state index < -0.39 is 0 Å². The second-order valence-electron chi connectivity index (χ2n) is 3.85. The van der Waals surface area contributed by atoms with E-state index in [4.69, 9.17) is 11.6 Å². The number of thioether (sulfide) groups is 1. The van der Waals surface area contributed by atoms with Gasteiger partial charge < -0.3 is 0 Å². The van der Waals surface area contributed by atoms with Gasteiger partial charge in [-0.2, -0.15) is 0 Å². The molecule has 0 aromatic heterocycles. The first-order valence-electron chi connectivity index (χ1n) is 5.88. The number of allylic oxidation sites excluding steroid dienone is 5. The molecule has 0 fully saturated rings. The minimum atomic E-state index is 0.871. The zero-order valence-corrected chi connectivity index (χ0v) is 12.5. The van der Waals surface area contributed by atoms with Crippen molar-refractivity contribution in [2.24, 2.45) is 0 Å². The summed E-state index contributed by atoms with van der Waals surface area (Å²) in [7, 11) is 0. The summed E-state index contributed by atoms with van der Waals surface area (Å²) >= 11 is 7.93. The van der Waals surface area contributed by atoms with Gasteiger partial charge in [0.2, 0.25) is 0 Å². The van der Waals surface area contributed by atoms with Crippen molar-refractivity contribution in [3.63, 3.8) is 0 Å². The molecular formula is C14H23ClS. The van der Waals surface area contributed by atoms with Gasteiger partial charge in [0.05, 0.1) is 0 Å². The van der Waals surface area contributed by atoms with Crippen LogP contribution >= 0.6 is 23.4 Å². The number of unbranched alkanes of at least 4 members (excludes halogenated alkanes) is 1. The fraction of sp³-hybridized carbons (Fsp3) is 0.571. The SMILES string of the molecule is C=C(/C=C(/Cl)CC)/C(C)=C(/C)SCCCC. The van der Waals surface area contributed by atoms with E-state index in [0.29, 0.717) is 0 Å². The predicted octanol–water partition coefficient (Wildman–Crippen LogP) is 5.90. The Morgan fingerprint density at radius 2 is 1.94 bits per heavy atom.